The Morgan fingerprint density at radius 1 is 1.56 bits per heavy atom. The first-order chi connectivity index (χ1) is 4.31. The fourth-order valence-corrected chi connectivity index (χ4v) is 0.467. The molecule has 9 heavy (non-hydrogen) atoms. The Balaban J connectivity index is 2.88. The Hall–Kier alpha value is -0.0800. The topological polar surface area (TPSA) is 29.5 Å². The molecule has 0 saturated heterocycles. The maximum atomic E-state index is 8.33. The second-order valence-corrected chi connectivity index (χ2v) is 2.31. The van der Waals surface area contributed by atoms with Crippen LogP contribution in [0, 0.1) is 5.92 Å². The zero-order valence-corrected chi connectivity index (χ0v) is 6.26. The summed E-state index contributed by atoms with van der Waals surface area (Å²) < 4.78 is 5.09. The van der Waals surface area contributed by atoms with Crippen LogP contribution < -0.4 is 0 Å². The standard InChI is InChI=1S/C7H16O2/c1-3-7(2)6-9-5-4-8/h7-8H,3-6H2,1-2H3/t7-/m1/s1. The van der Waals surface area contributed by atoms with Gasteiger partial charge in [-0.15, -0.1) is 0 Å². The summed E-state index contributed by atoms with van der Waals surface area (Å²) >= 11 is 0. The molecule has 0 heterocycles. The fourth-order valence-electron chi connectivity index (χ4n) is 0.467. The molecule has 0 spiro atoms. The van der Waals surface area contributed by atoms with Crippen LogP contribution in [-0.2, 0) is 4.74 Å². The largest absolute Gasteiger partial charge is 0.394 e. The molecular formula is C7H16O2. The molecule has 0 amide bonds. The van der Waals surface area contributed by atoms with Crippen LogP contribution in [0.3, 0.4) is 0 Å². The summed E-state index contributed by atoms with van der Waals surface area (Å²) in [6.45, 7) is 5.65. The number of aliphatic hydroxyl groups is 1. The van der Waals surface area contributed by atoms with Gasteiger partial charge in [-0.25, -0.2) is 0 Å². The van der Waals surface area contributed by atoms with Crippen molar-refractivity contribution in [1.29, 1.82) is 0 Å². The van der Waals surface area contributed by atoms with E-state index >= 15 is 0 Å². The lowest BCUT2D eigenvalue weighted by Crippen LogP contribution is -2.07. The molecule has 0 rings (SSSR count). The highest BCUT2D eigenvalue weighted by molar-refractivity contribution is 4.45. The minimum absolute atomic E-state index is 0.135. The lowest BCUT2D eigenvalue weighted by atomic mass is 10.1. The second-order valence-electron chi connectivity index (χ2n) is 2.31. The zero-order chi connectivity index (χ0) is 7.11. The first-order valence-electron chi connectivity index (χ1n) is 3.49. The summed E-state index contributed by atoms with van der Waals surface area (Å²) in [6.07, 6.45) is 1.14. The second kappa shape index (κ2) is 6.05. The van der Waals surface area contributed by atoms with Gasteiger partial charge in [-0.3, -0.25) is 0 Å². The van der Waals surface area contributed by atoms with Crippen LogP contribution in [0.4, 0.5) is 0 Å². The van der Waals surface area contributed by atoms with E-state index in [-0.39, 0.29) is 6.61 Å². The average molecular weight is 132 g/mol. The highest BCUT2D eigenvalue weighted by Crippen LogP contribution is 1.99. The van der Waals surface area contributed by atoms with Crippen LogP contribution in [-0.4, -0.2) is 24.9 Å². The molecule has 0 saturated carbocycles. The molecular weight excluding hydrogens is 116 g/mol. The summed E-state index contributed by atoms with van der Waals surface area (Å²) in [5, 5.41) is 8.33. The molecule has 0 fully saturated rings. The van der Waals surface area contributed by atoms with Gasteiger partial charge in [0.25, 0.3) is 0 Å². The van der Waals surface area contributed by atoms with Gasteiger partial charge in [0.15, 0.2) is 0 Å². The average Bonchev–Trinajstić information content (AvgIpc) is 1.89. The van der Waals surface area contributed by atoms with Gasteiger partial charge in [-0.2, -0.15) is 0 Å². The van der Waals surface area contributed by atoms with E-state index in [9.17, 15) is 0 Å². The highest BCUT2D eigenvalue weighted by Gasteiger charge is 1.96. The van der Waals surface area contributed by atoms with Gasteiger partial charge in [-0.05, 0) is 5.92 Å². The third-order valence-corrected chi connectivity index (χ3v) is 1.33. The first-order valence-corrected chi connectivity index (χ1v) is 3.49. The minimum Gasteiger partial charge on any atom is -0.394 e. The Bertz CT molecular complexity index is 54.9. The van der Waals surface area contributed by atoms with Gasteiger partial charge in [0.1, 0.15) is 0 Å². The summed E-state index contributed by atoms with van der Waals surface area (Å²) in [5.74, 6) is 0.622. The van der Waals surface area contributed by atoms with E-state index in [1.54, 1.807) is 0 Å². The Morgan fingerprint density at radius 3 is 2.67 bits per heavy atom. The molecule has 2 heteroatoms. The molecule has 0 aliphatic rings. The van der Waals surface area contributed by atoms with Crippen molar-refractivity contribution in [3.05, 3.63) is 0 Å². The lowest BCUT2D eigenvalue weighted by molar-refractivity contribution is 0.0708. The third kappa shape index (κ3) is 5.80. The molecule has 0 aromatic carbocycles. The third-order valence-electron chi connectivity index (χ3n) is 1.33. The van der Waals surface area contributed by atoms with Crippen LogP contribution in [0.2, 0.25) is 0 Å². The van der Waals surface area contributed by atoms with Crippen molar-refractivity contribution < 1.29 is 9.84 Å². The molecule has 56 valence electrons. The van der Waals surface area contributed by atoms with Crippen LogP contribution in [0.5, 0.6) is 0 Å². The van der Waals surface area contributed by atoms with Crippen LogP contribution in [0.15, 0.2) is 0 Å². The molecule has 0 radical (unpaired) electrons. The Labute approximate surface area is 56.8 Å². The molecule has 2 nitrogen and oxygen atoms in total. The normalized spacial score (nSPS) is 13.7. The SMILES string of the molecule is CC[C@@H](C)COCCO. The maximum absolute atomic E-state index is 8.33. The van der Waals surface area contributed by atoms with Crippen molar-refractivity contribution in [3.8, 4) is 0 Å². The summed E-state index contributed by atoms with van der Waals surface area (Å²) in [4.78, 5) is 0. The Morgan fingerprint density at radius 2 is 2.22 bits per heavy atom. The predicted octanol–water partition coefficient (Wildman–Crippen LogP) is 1.04. The van der Waals surface area contributed by atoms with Crippen molar-refractivity contribution in [3.63, 3.8) is 0 Å². The monoisotopic (exact) mass is 132 g/mol. The van der Waals surface area contributed by atoms with Crippen molar-refractivity contribution in [1.82, 2.24) is 0 Å². The quantitative estimate of drug-likeness (QED) is 0.566. The van der Waals surface area contributed by atoms with E-state index in [0.717, 1.165) is 13.0 Å². The molecule has 0 aliphatic heterocycles. The molecule has 0 aromatic heterocycles. The number of ether oxygens (including phenoxy) is 1. The number of hydrogen-bond acceptors (Lipinski definition) is 2. The molecule has 0 unspecified atom stereocenters. The summed E-state index contributed by atoms with van der Waals surface area (Å²) in [7, 11) is 0. The van der Waals surface area contributed by atoms with E-state index in [0.29, 0.717) is 12.5 Å². The van der Waals surface area contributed by atoms with Crippen molar-refractivity contribution in [2.45, 2.75) is 20.3 Å². The van der Waals surface area contributed by atoms with Crippen molar-refractivity contribution in [2.75, 3.05) is 19.8 Å². The van der Waals surface area contributed by atoms with Gasteiger partial charge in [0.2, 0.25) is 0 Å². The van der Waals surface area contributed by atoms with Gasteiger partial charge < -0.3 is 9.84 Å². The van der Waals surface area contributed by atoms with Gasteiger partial charge in [0, 0.05) is 6.61 Å². The van der Waals surface area contributed by atoms with Gasteiger partial charge in [-0.1, -0.05) is 20.3 Å². The zero-order valence-electron chi connectivity index (χ0n) is 6.26. The fraction of sp³-hybridized carbons (Fsp3) is 1.00. The van der Waals surface area contributed by atoms with Crippen molar-refractivity contribution >= 4 is 0 Å². The molecule has 0 aliphatic carbocycles. The van der Waals surface area contributed by atoms with E-state index in [2.05, 4.69) is 13.8 Å². The van der Waals surface area contributed by atoms with Crippen LogP contribution in [0.25, 0.3) is 0 Å². The summed E-state index contributed by atoms with van der Waals surface area (Å²) in [6, 6.07) is 0. The Kier molecular flexibility index (Phi) is 5.99. The minimum atomic E-state index is 0.135. The van der Waals surface area contributed by atoms with Crippen molar-refractivity contribution in [2.24, 2.45) is 5.92 Å². The maximum Gasteiger partial charge on any atom is 0.0697 e. The van der Waals surface area contributed by atoms with Gasteiger partial charge in [0.05, 0.1) is 13.2 Å². The summed E-state index contributed by atoms with van der Waals surface area (Å²) in [5.41, 5.74) is 0. The number of aliphatic hydroxyl groups excluding tert-OH is 1. The van der Waals surface area contributed by atoms with E-state index in [4.69, 9.17) is 9.84 Å². The lowest BCUT2D eigenvalue weighted by Gasteiger charge is -2.06. The first kappa shape index (κ1) is 8.92. The highest BCUT2D eigenvalue weighted by atomic mass is 16.5. The van der Waals surface area contributed by atoms with E-state index in [1.165, 1.54) is 0 Å². The molecule has 1 N–H and O–H groups in total. The van der Waals surface area contributed by atoms with Crippen LogP contribution >= 0.6 is 0 Å². The molecule has 0 bridgehead atoms. The number of rotatable bonds is 5. The predicted molar refractivity (Wildman–Crippen MR) is 37.4 cm³/mol. The molecule has 1 atom stereocenters. The smallest absolute Gasteiger partial charge is 0.0697 e. The van der Waals surface area contributed by atoms with Crippen LogP contribution in [0.1, 0.15) is 20.3 Å². The van der Waals surface area contributed by atoms with Gasteiger partial charge >= 0.3 is 0 Å². The van der Waals surface area contributed by atoms with E-state index < -0.39 is 0 Å². The van der Waals surface area contributed by atoms with E-state index in [1.807, 2.05) is 0 Å². The number of hydrogen-bond donors (Lipinski definition) is 1. The molecule has 0 aromatic rings.